The first-order valence-corrected chi connectivity index (χ1v) is 7.08. The molecule has 0 amide bonds. The zero-order chi connectivity index (χ0) is 12.4. The summed E-state index contributed by atoms with van der Waals surface area (Å²) in [6.45, 7) is 6.29. The van der Waals surface area contributed by atoms with Gasteiger partial charge < -0.3 is 5.32 Å². The van der Waals surface area contributed by atoms with Gasteiger partial charge >= 0.3 is 0 Å². The van der Waals surface area contributed by atoms with Crippen LogP contribution in [0.15, 0.2) is 22.1 Å². The van der Waals surface area contributed by atoms with E-state index in [1.807, 2.05) is 19.2 Å². The maximum Gasteiger partial charge on any atom is 0.188 e. The Bertz CT molecular complexity index is 522. The molecule has 0 radical (unpaired) electrons. The minimum absolute atomic E-state index is 0.455. The first kappa shape index (κ1) is 12.5. The van der Waals surface area contributed by atoms with Gasteiger partial charge in [-0.15, -0.1) is 11.3 Å². The molecule has 0 saturated carbocycles. The van der Waals surface area contributed by atoms with E-state index in [0.29, 0.717) is 5.92 Å². The lowest BCUT2D eigenvalue weighted by atomic mass is 10.2. The molecule has 90 valence electrons. The SMILES string of the molecule is Cc1cnc(Nc2nc(C(C)C)cs2)c(Br)c1. The molecule has 2 heterocycles. The van der Waals surface area contributed by atoms with Crippen molar-refractivity contribution in [2.75, 3.05) is 5.32 Å². The normalized spacial score (nSPS) is 10.9. The fourth-order valence-corrected chi connectivity index (χ4v) is 2.77. The maximum absolute atomic E-state index is 4.52. The second-order valence-corrected chi connectivity index (χ2v) is 5.91. The summed E-state index contributed by atoms with van der Waals surface area (Å²) >= 11 is 5.09. The van der Waals surface area contributed by atoms with Crippen LogP contribution in [0.2, 0.25) is 0 Å². The quantitative estimate of drug-likeness (QED) is 0.908. The summed E-state index contributed by atoms with van der Waals surface area (Å²) in [5, 5.41) is 6.18. The van der Waals surface area contributed by atoms with E-state index in [4.69, 9.17) is 0 Å². The molecule has 3 nitrogen and oxygen atoms in total. The number of anilines is 2. The van der Waals surface area contributed by atoms with Gasteiger partial charge in [0, 0.05) is 11.6 Å². The van der Waals surface area contributed by atoms with Gasteiger partial charge in [-0.1, -0.05) is 13.8 Å². The van der Waals surface area contributed by atoms with Crippen LogP contribution < -0.4 is 5.32 Å². The van der Waals surface area contributed by atoms with Gasteiger partial charge in [-0.3, -0.25) is 0 Å². The van der Waals surface area contributed by atoms with Gasteiger partial charge in [0.15, 0.2) is 5.13 Å². The first-order chi connectivity index (χ1) is 8.06. The Kier molecular flexibility index (Phi) is 3.79. The Morgan fingerprint density at radius 2 is 2.18 bits per heavy atom. The van der Waals surface area contributed by atoms with Crippen LogP contribution in [0.1, 0.15) is 31.0 Å². The van der Waals surface area contributed by atoms with Crippen molar-refractivity contribution in [1.29, 1.82) is 0 Å². The summed E-state index contributed by atoms with van der Waals surface area (Å²) in [6.07, 6.45) is 1.84. The highest BCUT2D eigenvalue weighted by Crippen LogP contribution is 2.27. The monoisotopic (exact) mass is 311 g/mol. The fourth-order valence-electron chi connectivity index (χ4n) is 1.34. The Balaban J connectivity index is 2.19. The van der Waals surface area contributed by atoms with E-state index < -0.39 is 0 Å². The zero-order valence-corrected chi connectivity index (χ0v) is 12.4. The molecule has 2 aromatic rings. The van der Waals surface area contributed by atoms with Crippen molar-refractivity contribution in [2.45, 2.75) is 26.7 Å². The molecule has 0 aliphatic heterocycles. The third-order valence-electron chi connectivity index (χ3n) is 2.32. The van der Waals surface area contributed by atoms with Crippen molar-refractivity contribution in [3.8, 4) is 0 Å². The molecule has 0 atom stereocenters. The Hall–Kier alpha value is -0.940. The maximum atomic E-state index is 4.52. The smallest absolute Gasteiger partial charge is 0.188 e. The third kappa shape index (κ3) is 3.04. The molecule has 1 N–H and O–H groups in total. The number of aryl methyl sites for hydroxylation is 1. The largest absolute Gasteiger partial charge is 0.315 e. The summed E-state index contributed by atoms with van der Waals surface area (Å²) in [7, 11) is 0. The van der Waals surface area contributed by atoms with Crippen LogP contribution in [0.3, 0.4) is 0 Å². The predicted octanol–water partition coefficient (Wildman–Crippen LogP) is 4.48. The Morgan fingerprint density at radius 3 is 2.76 bits per heavy atom. The Labute approximate surface area is 113 Å². The van der Waals surface area contributed by atoms with E-state index in [1.165, 1.54) is 0 Å². The minimum Gasteiger partial charge on any atom is -0.315 e. The second-order valence-electron chi connectivity index (χ2n) is 4.20. The van der Waals surface area contributed by atoms with Gasteiger partial charge in [-0.2, -0.15) is 0 Å². The number of thiazole rings is 1. The molecule has 5 heteroatoms. The number of aromatic nitrogens is 2. The van der Waals surface area contributed by atoms with Crippen molar-refractivity contribution >= 4 is 38.2 Å². The van der Waals surface area contributed by atoms with Crippen LogP contribution in [-0.4, -0.2) is 9.97 Å². The number of hydrogen-bond acceptors (Lipinski definition) is 4. The van der Waals surface area contributed by atoms with Crippen molar-refractivity contribution in [3.05, 3.63) is 33.4 Å². The van der Waals surface area contributed by atoms with Crippen LogP contribution in [-0.2, 0) is 0 Å². The molecule has 0 aromatic carbocycles. The average molecular weight is 312 g/mol. The summed E-state index contributed by atoms with van der Waals surface area (Å²) in [6, 6.07) is 2.03. The van der Waals surface area contributed by atoms with E-state index in [2.05, 4.69) is 50.4 Å². The summed E-state index contributed by atoms with van der Waals surface area (Å²) in [5.74, 6) is 1.26. The number of halogens is 1. The number of pyridine rings is 1. The van der Waals surface area contributed by atoms with Crippen LogP contribution in [0.5, 0.6) is 0 Å². The fraction of sp³-hybridized carbons (Fsp3) is 0.333. The molecular formula is C12H14BrN3S. The first-order valence-electron chi connectivity index (χ1n) is 5.41. The minimum atomic E-state index is 0.455. The molecule has 0 aliphatic carbocycles. The highest BCUT2D eigenvalue weighted by molar-refractivity contribution is 9.10. The molecule has 0 bridgehead atoms. The molecule has 0 aliphatic rings. The lowest BCUT2D eigenvalue weighted by molar-refractivity contribution is 0.834. The van der Waals surface area contributed by atoms with E-state index in [-0.39, 0.29) is 0 Å². The van der Waals surface area contributed by atoms with Crippen molar-refractivity contribution in [1.82, 2.24) is 9.97 Å². The molecule has 2 aromatic heterocycles. The van der Waals surface area contributed by atoms with Gasteiger partial charge in [0.1, 0.15) is 5.82 Å². The van der Waals surface area contributed by atoms with Crippen molar-refractivity contribution in [2.24, 2.45) is 0 Å². The lowest BCUT2D eigenvalue weighted by Crippen LogP contribution is -1.95. The molecule has 0 saturated heterocycles. The number of hydrogen-bond donors (Lipinski definition) is 1. The average Bonchev–Trinajstić information content (AvgIpc) is 2.71. The van der Waals surface area contributed by atoms with Gasteiger partial charge in [0.25, 0.3) is 0 Å². The van der Waals surface area contributed by atoms with Crippen LogP contribution in [0.4, 0.5) is 10.9 Å². The van der Waals surface area contributed by atoms with E-state index in [9.17, 15) is 0 Å². The zero-order valence-electron chi connectivity index (χ0n) is 9.99. The standard InChI is InChI=1S/C12H14BrN3S/c1-7(2)10-6-17-12(15-10)16-11-9(13)4-8(3)5-14-11/h4-7H,1-3H3,(H,14,15,16). The number of nitrogens with one attached hydrogen (secondary N) is 1. The van der Waals surface area contributed by atoms with Gasteiger partial charge in [0.2, 0.25) is 0 Å². The summed E-state index contributed by atoms with van der Waals surface area (Å²) in [4.78, 5) is 8.85. The third-order valence-corrected chi connectivity index (χ3v) is 3.70. The second kappa shape index (κ2) is 5.14. The van der Waals surface area contributed by atoms with Gasteiger partial charge in [-0.25, -0.2) is 9.97 Å². The number of nitrogens with zero attached hydrogens (tertiary/aromatic N) is 2. The van der Waals surface area contributed by atoms with E-state index in [1.54, 1.807) is 11.3 Å². The van der Waals surface area contributed by atoms with Gasteiger partial charge in [-0.05, 0) is 40.4 Å². The molecule has 2 rings (SSSR count). The van der Waals surface area contributed by atoms with Crippen molar-refractivity contribution < 1.29 is 0 Å². The summed E-state index contributed by atoms with van der Waals surface area (Å²) < 4.78 is 0.957. The Morgan fingerprint density at radius 1 is 1.41 bits per heavy atom. The number of rotatable bonds is 3. The van der Waals surface area contributed by atoms with E-state index in [0.717, 1.165) is 26.7 Å². The molecule has 0 unspecified atom stereocenters. The van der Waals surface area contributed by atoms with Crippen molar-refractivity contribution in [3.63, 3.8) is 0 Å². The molecule has 0 spiro atoms. The van der Waals surface area contributed by atoms with Gasteiger partial charge in [0.05, 0.1) is 10.2 Å². The van der Waals surface area contributed by atoms with E-state index >= 15 is 0 Å². The molecule has 17 heavy (non-hydrogen) atoms. The lowest BCUT2D eigenvalue weighted by Gasteiger charge is -2.05. The van der Waals surface area contributed by atoms with Crippen LogP contribution >= 0.6 is 27.3 Å². The molecular weight excluding hydrogens is 298 g/mol. The van der Waals surface area contributed by atoms with Crippen LogP contribution in [0.25, 0.3) is 0 Å². The van der Waals surface area contributed by atoms with Crippen LogP contribution in [0, 0.1) is 6.92 Å². The topological polar surface area (TPSA) is 37.8 Å². The summed E-state index contributed by atoms with van der Waals surface area (Å²) in [5.41, 5.74) is 2.24. The molecule has 0 fully saturated rings. The predicted molar refractivity (Wildman–Crippen MR) is 76.2 cm³/mol. The highest BCUT2D eigenvalue weighted by atomic mass is 79.9. The highest BCUT2D eigenvalue weighted by Gasteiger charge is 2.08.